The van der Waals surface area contributed by atoms with Gasteiger partial charge in [-0.05, 0) is 64.9 Å². The van der Waals surface area contributed by atoms with E-state index in [-0.39, 0.29) is 11.7 Å². The fourth-order valence-corrected chi connectivity index (χ4v) is 5.16. The van der Waals surface area contributed by atoms with Crippen LogP contribution in [-0.4, -0.2) is 70.2 Å². The molecule has 1 N–H and O–H groups in total. The van der Waals surface area contributed by atoms with Gasteiger partial charge >= 0.3 is 0 Å². The summed E-state index contributed by atoms with van der Waals surface area (Å²) in [6, 6.07) is 15.4. The van der Waals surface area contributed by atoms with E-state index in [9.17, 15) is 4.79 Å². The third-order valence-corrected chi connectivity index (χ3v) is 7.07. The summed E-state index contributed by atoms with van der Waals surface area (Å²) in [6.45, 7) is 4.80. The van der Waals surface area contributed by atoms with Gasteiger partial charge < -0.3 is 19.2 Å². The predicted octanol–water partition coefficient (Wildman–Crippen LogP) is 3.25. The minimum absolute atomic E-state index is 0.0493. The molecule has 10 nitrogen and oxygen atoms in total. The molecule has 0 amide bonds. The second-order valence-corrected chi connectivity index (χ2v) is 9.66. The van der Waals surface area contributed by atoms with Crippen LogP contribution in [0, 0.1) is 6.92 Å². The van der Waals surface area contributed by atoms with Crippen LogP contribution in [0.5, 0.6) is 5.75 Å². The van der Waals surface area contributed by atoms with Gasteiger partial charge in [0, 0.05) is 32.4 Å². The smallest absolute Gasteiger partial charge is 0.253 e. The lowest BCUT2D eigenvalue weighted by atomic mass is 10.0. The summed E-state index contributed by atoms with van der Waals surface area (Å²) >= 11 is 0. The van der Waals surface area contributed by atoms with Crippen molar-refractivity contribution in [3.63, 3.8) is 0 Å². The first kappa shape index (κ1) is 26.0. The summed E-state index contributed by atoms with van der Waals surface area (Å²) in [5.41, 5.74) is 3.31. The minimum Gasteiger partial charge on any atom is -0.497 e. The maximum Gasteiger partial charge on any atom is 0.253 e. The number of H-pyrrole nitrogens is 1. The molecule has 200 valence electrons. The van der Waals surface area contributed by atoms with Gasteiger partial charge in [-0.3, -0.25) is 9.69 Å². The van der Waals surface area contributed by atoms with E-state index in [0.717, 1.165) is 47.2 Å². The van der Waals surface area contributed by atoms with Gasteiger partial charge in [-0.1, -0.05) is 30.3 Å². The lowest BCUT2D eigenvalue weighted by molar-refractivity contribution is 0.0569. The van der Waals surface area contributed by atoms with E-state index in [1.165, 1.54) is 0 Å². The van der Waals surface area contributed by atoms with Crippen molar-refractivity contribution in [1.82, 2.24) is 30.1 Å². The number of nitrogens with one attached hydrogen (secondary N) is 1. The molecule has 10 heteroatoms. The van der Waals surface area contributed by atoms with Gasteiger partial charge in [0.05, 0.1) is 31.9 Å². The molecule has 2 aromatic heterocycles. The first-order valence-corrected chi connectivity index (χ1v) is 12.9. The van der Waals surface area contributed by atoms with Crippen LogP contribution in [0.1, 0.15) is 41.4 Å². The standard InChI is InChI=1S/C28H34N6O4/c1-19-7-4-9-21-16-24(28(35)29-25(19)21)26(27-30-31-32-34(27)12-14-36-2)33(18-23-11-6-13-38-23)17-20-8-5-10-22(15-20)37-3/h4-5,7-10,15-16,23,26H,6,11-14,17-18H2,1-3H3,(H,29,35). The highest BCUT2D eigenvalue weighted by atomic mass is 16.5. The van der Waals surface area contributed by atoms with E-state index in [4.69, 9.17) is 14.2 Å². The van der Waals surface area contributed by atoms with Crippen LogP contribution >= 0.6 is 0 Å². The lowest BCUT2D eigenvalue weighted by Crippen LogP contribution is -2.39. The number of tetrazole rings is 1. The molecule has 4 aromatic rings. The van der Waals surface area contributed by atoms with E-state index in [0.29, 0.717) is 37.6 Å². The van der Waals surface area contributed by atoms with Crippen molar-refractivity contribution in [2.75, 3.05) is 34.0 Å². The number of ether oxygens (including phenoxy) is 3. The van der Waals surface area contributed by atoms with Crippen LogP contribution in [0.4, 0.5) is 0 Å². The molecule has 0 bridgehead atoms. The number of nitrogens with zero attached hydrogens (tertiary/aromatic N) is 5. The maximum absolute atomic E-state index is 13.7. The summed E-state index contributed by atoms with van der Waals surface area (Å²) in [5, 5.41) is 13.6. The number of pyridine rings is 1. The fourth-order valence-electron chi connectivity index (χ4n) is 5.16. The first-order valence-electron chi connectivity index (χ1n) is 12.9. The molecule has 1 aliphatic heterocycles. The summed E-state index contributed by atoms with van der Waals surface area (Å²) in [5.74, 6) is 1.36. The van der Waals surface area contributed by atoms with E-state index in [2.05, 4.69) is 31.5 Å². The van der Waals surface area contributed by atoms with Gasteiger partial charge in [0.2, 0.25) is 0 Å². The van der Waals surface area contributed by atoms with Crippen LogP contribution < -0.4 is 10.3 Å². The van der Waals surface area contributed by atoms with Gasteiger partial charge in [0.1, 0.15) is 11.8 Å². The van der Waals surface area contributed by atoms with Gasteiger partial charge in [0.15, 0.2) is 5.82 Å². The Morgan fingerprint density at radius 1 is 1.21 bits per heavy atom. The number of aromatic nitrogens is 5. The maximum atomic E-state index is 13.7. The Hall–Kier alpha value is -3.60. The number of aryl methyl sites for hydroxylation is 1. The zero-order valence-electron chi connectivity index (χ0n) is 22.1. The zero-order valence-corrected chi connectivity index (χ0v) is 22.1. The molecule has 2 aromatic carbocycles. The zero-order chi connectivity index (χ0) is 26.5. The molecular formula is C28H34N6O4. The average Bonchev–Trinajstić information content (AvgIpc) is 3.61. The Morgan fingerprint density at radius 3 is 2.87 bits per heavy atom. The van der Waals surface area contributed by atoms with Gasteiger partial charge in [0.25, 0.3) is 5.56 Å². The highest BCUT2D eigenvalue weighted by Gasteiger charge is 2.33. The number of rotatable bonds is 11. The van der Waals surface area contributed by atoms with Crippen LogP contribution in [0.3, 0.4) is 0 Å². The molecule has 1 saturated heterocycles. The molecule has 0 spiro atoms. The van der Waals surface area contributed by atoms with E-state index in [1.807, 2.05) is 49.4 Å². The lowest BCUT2D eigenvalue weighted by Gasteiger charge is -2.33. The van der Waals surface area contributed by atoms with E-state index in [1.54, 1.807) is 18.9 Å². The Balaban J connectivity index is 1.65. The number of aromatic amines is 1. The van der Waals surface area contributed by atoms with Crippen molar-refractivity contribution in [2.24, 2.45) is 0 Å². The molecule has 2 unspecified atom stereocenters. The molecule has 0 radical (unpaired) electrons. The van der Waals surface area contributed by atoms with Crippen LogP contribution in [0.25, 0.3) is 10.9 Å². The molecular weight excluding hydrogens is 484 g/mol. The average molecular weight is 519 g/mol. The Labute approximate surface area is 221 Å². The number of methoxy groups -OCH3 is 2. The van der Waals surface area contributed by atoms with Crippen molar-refractivity contribution >= 4 is 10.9 Å². The second kappa shape index (κ2) is 11.8. The molecule has 0 aliphatic carbocycles. The third kappa shape index (κ3) is 5.62. The van der Waals surface area contributed by atoms with Crippen LogP contribution in [0.15, 0.2) is 53.3 Å². The number of fused-ring (bicyclic) bond motifs is 1. The Bertz CT molecular complexity index is 1430. The molecule has 1 fully saturated rings. The SMILES string of the molecule is COCCn1nnnc1C(c1cc2cccc(C)c2[nH]c1=O)N(Cc1cccc(OC)c1)CC1CCCO1. The van der Waals surface area contributed by atoms with E-state index >= 15 is 0 Å². The van der Waals surface area contributed by atoms with Crippen molar-refractivity contribution in [1.29, 1.82) is 0 Å². The number of hydrogen-bond acceptors (Lipinski definition) is 8. The summed E-state index contributed by atoms with van der Waals surface area (Å²) in [6.07, 6.45) is 2.03. The number of hydrogen-bond donors (Lipinski definition) is 1. The highest BCUT2D eigenvalue weighted by Crippen LogP contribution is 2.31. The normalized spacial score (nSPS) is 16.4. The highest BCUT2D eigenvalue weighted by molar-refractivity contribution is 5.82. The minimum atomic E-state index is -0.522. The van der Waals surface area contributed by atoms with Crippen molar-refractivity contribution in [2.45, 2.75) is 45.0 Å². The molecule has 1 aliphatic rings. The van der Waals surface area contributed by atoms with Gasteiger partial charge in [-0.15, -0.1) is 5.10 Å². The fraction of sp³-hybridized carbons (Fsp3) is 0.429. The monoisotopic (exact) mass is 518 g/mol. The number of benzene rings is 2. The third-order valence-electron chi connectivity index (χ3n) is 7.07. The van der Waals surface area contributed by atoms with Crippen molar-refractivity contribution in [3.8, 4) is 5.75 Å². The van der Waals surface area contributed by atoms with Crippen LogP contribution in [-0.2, 0) is 22.6 Å². The van der Waals surface area contributed by atoms with Crippen molar-refractivity contribution < 1.29 is 14.2 Å². The number of para-hydroxylation sites is 1. The topological polar surface area (TPSA) is 107 Å². The van der Waals surface area contributed by atoms with Gasteiger partial charge in [-0.25, -0.2) is 4.68 Å². The van der Waals surface area contributed by atoms with E-state index < -0.39 is 6.04 Å². The summed E-state index contributed by atoms with van der Waals surface area (Å²) in [4.78, 5) is 19.1. The Morgan fingerprint density at radius 2 is 2.08 bits per heavy atom. The molecule has 5 rings (SSSR count). The Kier molecular flexibility index (Phi) is 8.11. The predicted molar refractivity (Wildman–Crippen MR) is 143 cm³/mol. The second-order valence-electron chi connectivity index (χ2n) is 9.66. The largest absolute Gasteiger partial charge is 0.497 e. The van der Waals surface area contributed by atoms with Gasteiger partial charge in [-0.2, -0.15) is 0 Å². The quantitative estimate of drug-likeness (QED) is 0.323. The summed E-state index contributed by atoms with van der Waals surface area (Å²) < 4.78 is 18.6. The van der Waals surface area contributed by atoms with Crippen LogP contribution in [0.2, 0.25) is 0 Å². The molecule has 3 heterocycles. The molecule has 0 saturated carbocycles. The summed E-state index contributed by atoms with van der Waals surface area (Å²) in [7, 11) is 3.30. The molecule has 38 heavy (non-hydrogen) atoms. The van der Waals surface area contributed by atoms with Crippen molar-refractivity contribution in [3.05, 3.63) is 81.4 Å². The first-order chi connectivity index (χ1) is 18.6. The molecule has 2 atom stereocenters.